The summed E-state index contributed by atoms with van der Waals surface area (Å²) in [5.74, 6) is 8.35. The summed E-state index contributed by atoms with van der Waals surface area (Å²) in [6.07, 6.45) is 8.83. The SMILES string of the molecule is C#CC(=O)Nc1cccc(C#Cc2nc(C3CCC3)cs2)c1. The Bertz CT molecular complexity index is 800. The first kappa shape index (κ1) is 14.4. The normalized spacial score (nSPS) is 13.4. The number of nitrogens with zero attached hydrogens (tertiary/aromatic N) is 1. The van der Waals surface area contributed by atoms with Crippen molar-refractivity contribution >= 4 is 22.9 Å². The van der Waals surface area contributed by atoms with Gasteiger partial charge in [0.05, 0.1) is 5.69 Å². The highest BCUT2D eigenvalue weighted by molar-refractivity contribution is 7.10. The summed E-state index contributed by atoms with van der Waals surface area (Å²) < 4.78 is 0. The van der Waals surface area contributed by atoms with Gasteiger partial charge < -0.3 is 5.32 Å². The fourth-order valence-electron chi connectivity index (χ4n) is 2.20. The van der Waals surface area contributed by atoms with Gasteiger partial charge in [-0.25, -0.2) is 4.98 Å². The molecule has 0 spiro atoms. The van der Waals surface area contributed by atoms with E-state index >= 15 is 0 Å². The van der Waals surface area contributed by atoms with E-state index in [0.717, 1.165) is 10.6 Å². The summed E-state index contributed by atoms with van der Waals surface area (Å²) in [6, 6.07) is 7.29. The van der Waals surface area contributed by atoms with Gasteiger partial charge in [-0.05, 0) is 42.9 Å². The van der Waals surface area contributed by atoms with Crippen LogP contribution in [0.5, 0.6) is 0 Å². The number of carbonyl (C=O) groups is 1. The number of anilines is 1. The molecular weight excluding hydrogens is 292 g/mol. The third-order valence-corrected chi connectivity index (χ3v) is 4.39. The van der Waals surface area contributed by atoms with E-state index in [1.807, 2.05) is 18.1 Å². The maximum atomic E-state index is 11.2. The number of benzene rings is 1. The van der Waals surface area contributed by atoms with Crippen LogP contribution in [0.15, 0.2) is 29.6 Å². The molecule has 3 rings (SSSR count). The number of aromatic nitrogens is 1. The Hall–Kier alpha value is -2.56. The molecule has 1 aromatic heterocycles. The smallest absolute Gasteiger partial charge is 0.300 e. The lowest BCUT2D eigenvalue weighted by Gasteiger charge is -2.22. The van der Waals surface area contributed by atoms with Crippen molar-refractivity contribution in [3.05, 3.63) is 45.9 Å². The van der Waals surface area contributed by atoms with E-state index in [-0.39, 0.29) is 0 Å². The van der Waals surface area contributed by atoms with Crippen LogP contribution >= 0.6 is 11.3 Å². The van der Waals surface area contributed by atoms with E-state index in [9.17, 15) is 4.79 Å². The van der Waals surface area contributed by atoms with Crippen LogP contribution in [-0.4, -0.2) is 10.9 Å². The van der Waals surface area contributed by atoms with Crippen molar-refractivity contribution in [2.24, 2.45) is 0 Å². The lowest BCUT2D eigenvalue weighted by Crippen LogP contribution is -2.08. The van der Waals surface area contributed by atoms with Gasteiger partial charge in [0.2, 0.25) is 0 Å². The first-order chi connectivity index (χ1) is 10.7. The molecule has 1 aromatic carbocycles. The zero-order chi connectivity index (χ0) is 15.4. The summed E-state index contributed by atoms with van der Waals surface area (Å²) in [7, 11) is 0. The summed E-state index contributed by atoms with van der Waals surface area (Å²) in [5.41, 5.74) is 2.63. The molecule has 1 amide bonds. The fraction of sp³-hybridized carbons (Fsp3) is 0.222. The van der Waals surface area contributed by atoms with Crippen LogP contribution in [0.25, 0.3) is 0 Å². The van der Waals surface area contributed by atoms with Crippen molar-refractivity contribution in [3.8, 4) is 24.2 Å². The van der Waals surface area contributed by atoms with Gasteiger partial charge in [-0.1, -0.05) is 18.4 Å². The first-order valence-corrected chi connectivity index (χ1v) is 7.97. The second-order valence-corrected chi connectivity index (χ2v) is 5.99. The number of rotatable bonds is 2. The Morgan fingerprint density at radius 2 is 2.23 bits per heavy atom. The minimum absolute atomic E-state index is 0.463. The van der Waals surface area contributed by atoms with Crippen molar-refractivity contribution in [3.63, 3.8) is 0 Å². The quantitative estimate of drug-likeness (QED) is 0.864. The molecule has 1 aliphatic carbocycles. The third kappa shape index (κ3) is 3.36. The van der Waals surface area contributed by atoms with E-state index in [0.29, 0.717) is 11.6 Å². The predicted molar refractivity (Wildman–Crippen MR) is 88.6 cm³/mol. The van der Waals surface area contributed by atoms with Gasteiger partial charge in [0.15, 0.2) is 5.01 Å². The molecule has 4 heteroatoms. The van der Waals surface area contributed by atoms with E-state index < -0.39 is 5.91 Å². The highest BCUT2D eigenvalue weighted by atomic mass is 32.1. The highest BCUT2D eigenvalue weighted by Gasteiger charge is 2.21. The van der Waals surface area contributed by atoms with Crippen molar-refractivity contribution in [1.82, 2.24) is 4.98 Å². The van der Waals surface area contributed by atoms with Crippen LogP contribution in [0.1, 0.15) is 41.4 Å². The van der Waals surface area contributed by atoms with Crippen molar-refractivity contribution in [2.45, 2.75) is 25.2 Å². The Kier molecular flexibility index (Phi) is 4.23. The van der Waals surface area contributed by atoms with E-state index in [4.69, 9.17) is 6.42 Å². The zero-order valence-corrected chi connectivity index (χ0v) is 12.7. The zero-order valence-electron chi connectivity index (χ0n) is 11.9. The van der Waals surface area contributed by atoms with Gasteiger partial charge in [-0.2, -0.15) is 0 Å². The van der Waals surface area contributed by atoms with Crippen molar-refractivity contribution < 1.29 is 4.79 Å². The molecule has 0 unspecified atom stereocenters. The summed E-state index contributed by atoms with van der Waals surface area (Å²) >= 11 is 1.58. The maximum absolute atomic E-state index is 11.2. The number of thiazole rings is 1. The fourth-order valence-corrected chi connectivity index (χ4v) is 2.95. The second-order valence-electron chi connectivity index (χ2n) is 5.13. The van der Waals surface area contributed by atoms with Gasteiger partial charge in [-0.3, -0.25) is 4.79 Å². The highest BCUT2D eigenvalue weighted by Crippen LogP contribution is 2.36. The molecule has 3 nitrogen and oxygen atoms in total. The van der Waals surface area contributed by atoms with Crippen molar-refractivity contribution in [1.29, 1.82) is 0 Å². The molecular formula is C18H14N2OS. The molecule has 0 atom stereocenters. The first-order valence-electron chi connectivity index (χ1n) is 7.10. The molecule has 22 heavy (non-hydrogen) atoms. The second kappa shape index (κ2) is 6.47. The van der Waals surface area contributed by atoms with Gasteiger partial charge >= 0.3 is 0 Å². The molecule has 0 radical (unpaired) electrons. The molecule has 1 aliphatic rings. The average molecular weight is 306 g/mol. The summed E-state index contributed by atoms with van der Waals surface area (Å²) in [4.78, 5) is 15.8. The van der Waals surface area contributed by atoms with Crippen LogP contribution in [-0.2, 0) is 4.79 Å². The van der Waals surface area contributed by atoms with Gasteiger partial charge in [0, 0.05) is 22.5 Å². The van der Waals surface area contributed by atoms with Crippen LogP contribution in [0.2, 0.25) is 0 Å². The van der Waals surface area contributed by atoms with Crippen LogP contribution < -0.4 is 5.32 Å². The molecule has 1 heterocycles. The number of carbonyl (C=O) groups excluding carboxylic acids is 1. The van der Waals surface area contributed by atoms with Crippen molar-refractivity contribution in [2.75, 3.05) is 5.32 Å². The molecule has 1 fully saturated rings. The van der Waals surface area contributed by atoms with Crippen LogP contribution in [0, 0.1) is 24.2 Å². The molecule has 108 valence electrons. The van der Waals surface area contributed by atoms with Gasteiger partial charge in [-0.15, -0.1) is 17.8 Å². The standard InChI is InChI=1S/C18H14N2OS/c1-2-17(21)19-15-8-3-5-13(11-15)9-10-18-20-16(12-22-18)14-6-4-7-14/h1,3,5,8,11-12,14H,4,6-7H2,(H,19,21). The number of hydrogen-bond acceptors (Lipinski definition) is 3. The third-order valence-electron chi connectivity index (χ3n) is 3.61. The monoisotopic (exact) mass is 306 g/mol. The molecule has 1 saturated carbocycles. The molecule has 1 N–H and O–H groups in total. The number of hydrogen-bond donors (Lipinski definition) is 1. The van der Waals surface area contributed by atoms with E-state index in [1.165, 1.54) is 25.0 Å². The Morgan fingerprint density at radius 1 is 1.36 bits per heavy atom. The lowest BCUT2D eigenvalue weighted by molar-refractivity contribution is -0.111. The topological polar surface area (TPSA) is 42.0 Å². The lowest BCUT2D eigenvalue weighted by atomic mass is 9.83. The minimum Gasteiger partial charge on any atom is -0.315 e. The Morgan fingerprint density at radius 3 is 2.95 bits per heavy atom. The predicted octanol–water partition coefficient (Wildman–Crippen LogP) is 3.38. The average Bonchev–Trinajstić information content (AvgIpc) is 2.92. The summed E-state index contributed by atoms with van der Waals surface area (Å²) in [6.45, 7) is 0. The summed E-state index contributed by atoms with van der Waals surface area (Å²) in [5, 5.41) is 5.55. The largest absolute Gasteiger partial charge is 0.315 e. The molecule has 0 bridgehead atoms. The Labute approximate surface area is 133 Å². The molecule has 0 saturated heterocycles. The van der Waals surface area contributed by atoms with Gasteiger partial charge in [0.25, 0.3) is 5.91 Å². The number of nitrogens with one attached hydrogen (secondary N) is 1. The van der Waals surface area contributed by atoms with Crippen LogP contribution in [0.4, 0.5) is 5.69 Å². The Balaban J connectivity index is 1.73. The van der Waals surface area contributed by atoms with E-state index in [2.05, 4.69) is 27.5 Å². The molecule has 2 aromatic rings. The number of amides is 1. The van der Waals surface area contributed by atoms with Crippen LogP contribution in [0.3, 0.4) is 0 Å². The maximum Gasteiger partial charge on any atom is 0.300 e. The number of terminal acetylenes is 1. The van der Waals surface area contributed by atoms with Gasteiger partial charge in [0.1, 0.15) is 0 Å². The van der Waals surface area contributed by atoms with E-state index in [1.54, 1.807) is 23.5 Å². The minimum atomic E-state index is -0.463. The molecule has 0 aliphatic heterocycles.